The van der Waals surface area contributed by atoms with Gasteiger partial charge in [0, 0.05) is 17.5 Å². The molecule has 0 amide bonds. The van der Waals surface area contributed by atoms with Crippen molar-refractivity contribution in [1.29, 1.82) is 0 Å². The lowest BCUT2D eigenvalue weighted by Gasteiger charge is -2.16. The van der Waals surface area contributed by atoms with Crippen LogP contribution in [0.15, 0.2) is 9.85 Å². The number of rotatable bonds is 5. The molecule has 0 spiro atoms. The predicted molar refractivity (Wildman–Crippen MR) is 72.8 cm³/mol. The molecule has 3 heteroatoms. The average molecular weight is 300 g/mol. The SMILES string of the molecule is Cc1cc(CNC(C2CC2)C2CC2)sc1Br. The summed E-state index contributed by atoms with van der Waals surface area (Å²) >= 11 is 5.47. The molecule has 88 valence electrons. The lowest BCUT2D eigenvalue weighted by atomic mass is 10.1. The number of hydrogen-bond acceptors (Lipinski definition) is 2. The van der Waals surface area contributed by atoms with Crippen LogP contribution in [0.1, 0.15) is 36.1 Å². The molecule has 0 aliphatic heterocycles. The lowest BCUT2D eigenvalue weighted by Crippen LogP contribution is -2.32. The van der Waals surface area contributed by atoms with Gasteiger partial charge in [0.2, 0.25) is 0 Å². The van der Waals surface area contributed by atoms with Crippen molar-refractivity contribution in [2.75, 3.05) is 0 Å². The van der Waals surface area contributed by atoms with E-state index in [2.05, 4.69) is 34.2 Å². The minimum absolute atomic E-state index is 0.821. The van der Waals surface area contributed by atoms with E-state index >= 15 is 0 Å². The Labute approximate surface area is 110 Å². The highest BCUT2D eigenvalue weighted by Gasteiger charge is 2.40. The van der Waals surface area contributed by atoms with E-state index in [9.17, 15) is 0 Å². The fraction of sp³-hybridized carbons (Fsp3) is 0.692. The quantitative estimate of drug-likeness (QED) is 0.863. The van der Waals surface area contributed by atoms with Crippen LogP contribution in [0.5, 0.6) is 0 Å². The second kappa shape index (κ2) is 4.43. The van der Waals surface area contributed by atoms with Crippen LogP contribution in [0.3, 0.4) is 0 Å². The van der Waals surface area contributed by atoms with Gasteiger partial charge in [0.1, 0.15) is 0 Å². The molecule has 0 atom stereocenters. The number of aryl methyl sites for hydroxylation is 1. The molecular formula is C13H18BrNS. The molecule has 0 radical (unpaired) electrons. The molecule has 0 bridgehead atoms. The van der Waals surface area contributed by atoms with Crippen LogP contribution >= 0.6 is 27.3 Å². The Morgan fingerprint density at radius 1 is 1.38 bits per heavy atom. The maximum atomic E-state index is 3.79. The molecule has 2 aliphatic carbocycles. The normalized spacial score (nSPS) is 20.7. The molecule has 2 saturated carbocycles. The minimum Gasteiger partial charge on any atom is -0.309 e. The summed E-state index contributed by atoms with van der Waals surface area (Å²) in [6, 6.07) is 3.12. The van der Waals surface area contributed by atoms with Gasteiger partial charge in [0.15, 0.2) is 0 Å². The molecular weight excluding hydrogens is 282 g/mol. The Morgan fingerprint density at radius 3 is 2.44 bits per heavy atom. The highest BCUT2D eigenvalue weighted by Crippen LogP contribution is 2.44. The Kier molecular flexibility index (Phi) is 3.11. The van der Waals surface area contributed by atoms with Crippen molar-refractivity contribution < 1.29 is 0 Å². The van der Waals surface area contributed by atoms with Crippen LogP contribution in [-0.4, -0.2) is 6.04 Å². The molecule has 1 aromatic rings. The van der Waals surface area contributed by atoms with Gasteiger partial charge in [-0.3, -0.25) is 0 Å². The van der Waals surface area contributed by atoms with Gasteiger partial charge in [-0.2, -0.15) is 0 Å². The molecule has 1 nitrogen and oxygen atoms in total. The maximum Gasteiger partial charge on any atom is 0.0730 e. The first-order chi connectivity index (χ1) is 7.74. The highest BCUT2D eigenvalue weighted by atomic mass is 79.9. The van der Waals surface area contributed by atoms with Crippen molar-refractivity contribution in [2.24, 2.45) is 11.8 Å². The van der Waals surface area contributed by atoms with Gasteiger partial charge in [0.25, 0.3) is 0 Å². The van der Waals surface area contributed by atoms with Gasteiger partial charge in [-0.1, -0.05) is 0 Å². The van der Waals surface area contributed by atoms with Crippen molar-refractivity contribution in [3.8, 4) is 0 Å². The van der Waals surface area contributed by atoms with Gasteiger partial charge >= 0.3 is 0 Å². The summed E-state index contributed by atoms with van der Waals surface area (Å²) in [5.74, 6) is 1.99. The first kappa shape index (κ1) is 11.2. The Hall–Kier alpha value is 0.140. The van der Waals surface area contributed by atoms with E-state index in [0.29, 0.717) is 0 Å². The largest absolute Gasteiger partial charge is 0.309 e. The van der Waals surface area contributed by atoms with E-state index in [4.69, 9.17) is 0 Å². The van der Waals surface area contributed by atoms with Crippen LogP contribution in [0.4, 0.5) is 0 Å². The monoisotopic (exact) mass is 299 g/mol. The number of halogens is 1. The van der Waals surface area contributed by atoms with Crippen LogP contribution in [0.25, 0.3) is 0 Å². The van der Waals surface area contributed by atoms with Crippen LogP contribution in [0.2, 0.25) is 0 Å². The van der Waals surface area contributed by atoms with Crippen molar-refractivity contribution >= 4 is 27.3 Å². The summed E-state index contributed by atoms with van der Waals surface area (Å²) in [7, 11) is 0. The fourth-order valence-corrected chi connectivity index (χ4v) is 4.04. The van der Waals surface area contributed by atoms with Crippen molar-refractivity contribution in [3.63, 3.8) is 0 Å². The molecule has 2 fully saturated rings. The van der Waals surface area contributed by atoms with Crippen LogP contribution < -0.4 is 5.32 Å². The lowest BCUT2D eigenvalue weighted by molar-refractivity contribution is 0.417. The molecule has 0 aromatic carbocycles. The first-order valence-corrected chi connectivity index (χ1v) is 7.83. The van der Waals surface area contributed by atoms with Gasteiger partial charge in [0.05, 0.1) is 3.79 Å². The molecule has 3 rings (SSSR count). The Balaban J connectivity index is 1.57. The summed E-state index contributed by atoms with van der Waals surface area (Å²) < 4.78 is 1.29. The molecule has 0 saturated heterocycles. The smallest absolute Gasteiger partial charge is 0.0730 e. The Bertz CT molecular complexity index is 348. The zero-order valence-corrected chi connectivity index (χ0v) is 12.0. The first-order valence-electron chi connectivity index (χ1n) is 6.22. The van der Waals surface area contributed by atoms with Gasteiger partial charge in [-0.15, -0.1) is 11.3 Å². The summed E-state index contributed by atoms with van der Waals surface area (Å²) in [4.78, 5) is 1.47. The third-order valence-corrected chi connectivity index (χ3v) is 5.82. The molecule has 2 aliphatic rings. The molecule has 1 N–H and O–H groups in total. The van der Waals surface area contributed by atoms with E-state index in [-0.39, 0.29) is 0 Å². The number of hydrogen-bond donors (Lipinski definition) is 1. The standard InChI is InChI=1S/C13H18BrNS/c1-8-6-11(16-13(8)14)7-15-12(9-2-3-9)10-4-5-10/h6,9-10,12,15H,2-5,7H2,1H3. The summed E-state index contributed by atoms with van der Waals surface area (Å²) in [6.07, 6.45) is 5.84. The topological polar surface area (TPSA) is 12.0 Å². The molecule has 1 aromatic heterocycles. The Morgan fingerprint density at radius 2 is 2.00 bits per heavy atom. The molecule has 1 heterocycles. The maximum absolute atomic E-state index is 3.79. The highest BCUT2D eigenvalue weighted by molar-refractivity contribution is 9.11. The van der Waals surface area contributed by atoms with Crippen LogP contribution in [0, 0.1) is 18.8 Å². The predicted octanol–water partition coefficient (Wildman–Crippen LogP) is 4.10. The summed E-state index contributed by atoms with van der Waals surface area (Å²) in [6.45, 7) is 3.23. The van der Waals surface area contributed by atoms with E-state index in [0.717, 1.165) is 24.4 Å². The van der Waals surface area contributed by atoms with Gasteiger partial charge in [-0.05, 0) is 72.0 Å². The molecule has 16 heavy (non-hydrogen) atoms. The minimum atomic E-state index is 0.821. The number of thiophene rings is 1. The van der Waals surface area contributed by atoms with E-state index in [1.165, 1.54) is 39.9 Å². The van der Waals surface area contributed by atoms with Crippen molar-refractivity contribution in [1.82, 2.24) is 5.32 Å². The molecule has 0 unspecified atom stereocenters. The van der Waals surface area contributed by atoms with Gasteiger partial charge < -0.3 is 5.32 Å². The van der Waals surface area contributed by atoms with E-state index < -0.39 is 0 Å². The third-order valence-electron chi connectivity index (χ3n) is 3.68. The van der Waals surface area contributed by atoms with Crippen molar-refractivity contribution in [2.45, 2.75) is 45.2 Å². The third kappa shape index (κ3) is 2.52. The number of nitrogens with one attached hydrogen (secondary N) is 1. The zero-order valence-electron chi connectivity index (χ0n) is 9.63. The van der Waals surface area contributed by atoms with Crippen LogP contribution in [-0.2, 0) is 6.54 Å². The van der Waals surface area contributed by atoms with Crippen molar-refractivity contribution in [3.05, 3.63) is 20.3 Å². The second-order valence-corrected chi connectivity index (χ2v) is 7.71. The fourth-order valence-electron chi connectivity index (χ4n) is 2.46. The summed E-state index contributed by atoms with van der Waals surface area (Å²) in [5, 5.41) is 3.79. The second-order valence-electron chi connectivity index (χ2n) is 5.25. The van der Waals surface area contributed by atoms with Gasteiger partial charge in [-0.25, -0.2) is 0 Å². The van der Waals surface area contributed by atoms with E-state index in [1.807, 2.05) is 11.3 Å². The van der Waals surface area contributed by atoms with E-state index in [1.54, 1.807) is 0 Å². The zero-order chi connectivity index (χ0) is 11.1. The average Bonchev–Trinajstić information content (AvgIpc) is 3.12. The summed E-state index contributed by atoms with van der Waals surface area (Å²) in [5.41, 5.74) is 1.37.